The zero-order valence-corrected chi connectivity index (χ0v) is 30.5. The van der Waals surface area contributed by atoms with Crippen molar-refractivity contribution in [1.82, 2.24) is 49.3 Å². The fourth-order valence-corrected chi connectivity index (χ4v) is 7.30. The Morgan fingerprint density at radius 1 is 0.600 bits per heavy atom. The maximum Gasteiger partial charge on any atom is 0.123 e. The van der Waals surface area contributed by atoms with Crippen LogP contribution in [0.5, 0.6) is 0 Å². The van der Waals surface area contributed by atoms with Gasteiger partial charge in [0.25, 0.3) is 0 Å². The van der Waals surface area contributed by atoms with Gasteiger partial charge in [0.2, 0.25) is 0 Å². The van der Waals surface area contributed by atoms with Crippen LogP contribution in [0.2, 0.25) is 0 Å². The van der Waals surface area contributed by atoms with Gasteiger partial charge in [0, 0.05) is 50.4 Å². The molecule has 0 saturated heterocycles. The molecular formula is C43H42F2N10. The van der Waals surface area contributed by atoms with E-state index in [1.807, 2.05) is 55.4 Å². The highest BCUT2D eigenvalue weighted by Crippen LogP contribution is 2.28. The summed E-state index contributed by atoms with van der Waals surface area (Å²) in [6, 6.07) is 23.9. The number of hydrogen-bond acceptors (Lipinski definition) is 8. The first-order chi connectivity index (χ1) is 27.1. The van der Waals surface area contributed by atoms with Gasteiger partial charge in [0.15, 0.2) is 0 Å². The van der Waals surface area contributed by atoms with Gasteiger partial charge in [-0.05, 0) is 73.2 Å². The van der Waals surface area contributed by atoms with Crippen LogP contribution in [0.1, 0.15) is 39.2 Å². The molecule has 0 aliphatic carbocycles. The van der Waals surface area contributed by atoms with Gasteiger partial charge >= 0.3 is 0 Å². The van der Waals surface area contributed by atoms with Crippen LogP contribution in [-0.4, -0.2) is 57.0 Å². The quantitative estimate of drug-likeness (QED) is 0.167. The minimum atomic E-state index is -0.207. The van der Waals surface area contributed by atoms with Crippen LogP contribution in [-0.2, 0) is 58.4 Å². The lowest BCUT2D eigenvalue weighted by atomic mass is 10.0. The van der Waals surface area contributed by atoms with Crippen molar-refractivity contribution in [2.45, 2.75) is 58.4 Å². The topological polar surface area (TPSA) is 102 Å². The number of halogens is 2. The van der Waals surface area contributed by atoms with Gasteiger partial charge in [-0.15, -0.1) is 0 Å². The van der Waals surface area contributed by atoms with Crippen molar-refractivity contribution in [3.05, 3.63) is 167 Å². The zero-order chi connectivity index (χ0) is 37.4. The number of fused-ring (bicyclic) bond motifs is 2. The first-order valence-corrected chi connectivity index (χ1v) is 18.7. The molecule has 4 aromatic heterocycles. The second-order valence-electron chi connectivity index (χ2n) is 13.9. The van der Waals surface area contributed by atoms with E-state index in [2.05, 4.69) is 73.5 Å². The van der Waals surface area contributed by atoms with E-state index in [0.29, 0.717) is 0 Å². The molecule has 0 bridgehead atoms. The number of nitrogens with zero attached hydrogens (tertiary/aromatic N) is 9. The number of rotatable bonds is 10. The minimum Gasteiger partial charge on any atom is -0.329 e. The van der Waals surface area contributed by atoms with Gasteiger partial charge in [0.05, 0.1) is 59.2 Å². The smallest absolute Gasteiger partial charge is 0.123 e. The molecule has 3 aromatic carbocycles. The highest BCUT2D eigenvalue weighted by Gasteiger charge is 2.23. The molecule has 9 rings (SSSR count). The van der Waals surface area contributed by atoms with E-state index < -0.39 is 0 Å². The van der Waals surface area contributed by atoms with Crippen molar-refractivity contribution >= 4 is 0 Å². The van der Waals surface area contributed by atoms with E-state index in [1.54, 1.807) is 12.7 Å². The van der Waals surface area contributed by atoms with Crippen molar-refractivity contribution in [2.75, 3.05) is 13.1 Å². The number of nitrogens with one attached hydrogen (secondary N) is 1. The Labute approximate surface area is 319 Å². The number of aryl methyl sites for hydroxylation is 4. The van der Waals surface area contributed by atoms with Crippen molar-refractivity contribution in [2.24, 2.45) is 0 Å². The third-order valence-electron chi connectivity index (χ3n) is 10.2. The summed E-state index contributed by atoms with van der Waals surface area (Å²) in [6.45, 7) is 5.99. The summed E-state index contributed by atoms with van der Waals surface area (Å²) in [5.74, 6) is -0.413. The van der Waals surface area contributed by atoms with Gasteiger partial charge in [-0.25, -0.2) is 38.7 Å². The van der Waals surface area contributed by atoms with Gasteiger partial charge in [-0.3, -0.25) is 4.90 Å². The molecule has 2 aliphatic rings. The van der Waals surface area contributed by atoms with Gasteiger partial charge in [-0.1, -0.05) is 54.6 Å². The normalized spacial score (nSPS) is 13.8. The monoisotopic (exact) mass is 736 g/mol. The lowest BCUT2D eigenvalue weighted by molar-refractivity contribution is 0.241. The third-order valence-corrected chi connectivity index (χ3v) is 10.2. The second-order valence-corrected chi connectivity index (χ2v) is 13.9. The molecule has 0 spiro atoms. The van der Waals surface area contributed by atoms with Crippen molar-refractivity contribution in [3.8, 4) is 22.8 Å². The molecule has 278 valence electrons. The summed E-state index contributed by atoms with van der Waals surface area (Å²) >= 11 is 0. The predicted octanol–water partition coefficient (Wildman–Crippen LogP) is 6.65. The van der Waals surface area contributed by atoms with Gasteiger partial charge in [0.1, 0.15) is 24.3 Å². The lowest BCUT2D eigenvalue weighted by Gasteiger charge is -2.29. The highest BCUT2D eigenvalue weighted by molar-refractivity contribution is 5.61. The molecule has 0 saturated carbocycles. The Balaban J connectivity index is 0.000000160. The van der Waals surface area contributed by atoms with Crippen LogP contribution >= 0.6 is 0 Å². The Hall–Kier alpha value is -5.98. The minimum absolute atomic E-state index is 0.205. The van der Waals surface area contributed by atoms with E-state index in [-0.39, 0.29) is 11.6 Å². The molecule has 0 unspecified atom stereocenters. The maximum absolute atomic E-state index is 13.2. The summed E-state index contributed by atoms with van der Waals surface area (Å²) < 4.78 is 30.4. The summed E-state index contributed by atoms with van der Waals surface area (Å²) in [5.41, 5.74) is 12.1. The second kappa shape index (κ2) is 17.0. The Kier molecular flexibility index (Phi) is 11.1. The summed E-state index contributed by atoms with van der Waals surface area (Å²) in [7, 11) is 0. The molecule has 1 N–H and O–H groups in total. The Morgan fingerprint density at radius 3 is 1.76 bits per heavy atom. The Morgan fingerprint density at radius 2 is 1.16 bits per heavy atom. The van der Waals surface area contributed by atoms with Crippen LogP contribution in [0.25, 0.3) is 22.8 Å². The number of hydrogen-bond donors (Lipinski definition) is 1. The van der Waals surface area contributed by atoms with Crippen LogP contribution in [0, 0.1) is 11.6 Å². The predicted molar refractivity (Wildman–Crippen MR) is 206 cm³/mol. The maximum atomic E-state index is 13.2. The average Bonchev–Trinajstić information content (AvgIpc) is 3.90. The molecule has 0 atom stereocenters. The molecule has 0 amide bonds. The van der Waals surface area contributed by atoms with Crippen LogP contribution < -0.4 is 5.32 Å². The molecule has 2 aliphatic heterocycles. The number of benzene rings is 3. The van der Waals surface area contributed by atoms with Crippen molar-refractivity contribution in [1.29, 1.82) is 0 Å². The van der Waals surface area contributed by atoms with E-state index in [1.165, 1.54) is 41.0 Å². The Bertz CT molecular complexity index is 2320. The SMILES string of the molecule is Fc1ccc(CCn2cncc2-c2ncnc3c2CCN(Cc2ccccc2)C3)cc1.Fc1ccc(CCn2cncc2-c2ncnc3c2CCNC3)cc1. The van der Waals surface area contributed by atoms with E-state index >= 15 is 0 Å². The first-order valence-electron chi connectivity index (χ1n) is 18.7. The molecule has 10 nitrogen and oxygen atoms in total. The number of imidazole rings is 2. The van der Waals surface area contributed by atoms with Crippen LogP contribution in [0.15, 0.2) is 117 Å². The molecule has 12 heteroatoms. The van der Waals surface area contributed by atoms with E-state index in [4.69, 9.17) is 0 Å². The third kappa shape index (κ3) is 8.72. The highest BCUT2D eigenvalue weighted by atomic mass is 19.1. The molecule has 55 heavy (non-hydrogen) atoms. The van der Waals surface area contributed by atoms with Crippen molar-refractivity contribution in [3.63, 3.8) is 0 Å². The largest absolute Gasteiger partial charge is 0.329 e. The first kappa shape index (κ1) is 36.0. The molecular weight excluding hydrogens is 695 g/mol. The van der Waals surface area contributed by atoms with Crippen LogP contribution in [0.3, 0.4) is 0 Å². The van der Waals surface area contributed by atoms with Crippen LogP contribution in [0.4, 0.5) is 8.78 Å². The van der Waals surface area contributed by atoms with Gasteiger partial charge < -0.3 is 14.5 Å². The molecule has 7 aromatic rings. The van der Waals surface area contributed by atoms with Gasteiger partial charge in [-0.2, -0.15) is 0 Å². The summed E-state index contributed by atoms with van der Waals surface area (Å²) in [5, 5.41) is 3.34. The number of aromatic nitrogens is 8. The zero-order valence-electron chi connectivity index (χ0n) is 30.5. The molecule has 6 heterocycles. The standard InChI is InChI=1S/C25H24FN5.C18H18FN5/c26-21-8-6-19(7-9-21)10-13-31-18-27-14-24(31)25-22-11-12-30(16-23(22)28-17-29-25)15-20-4-2-1-3-5-20;19-14-3-1-13(2-4-14)6-8-24-12-21-10-17(24)18-15-5-7-20-9-16(15)22-11-23-18/h1-9,14,17-18H,10-13,15-16H2;1-4,10-12,20H,5-9H2. The average molecular weight is 737 g/mol. The fraction of sp³-hybridized carbons (Fsp3) is 0.256. The lowest BCUT2D eigenvalue weighted by Crippen LogP contribution is -2.31. The molecule has 0 radical (unpaired) electrons. The summed E-state index contributed by atoms with van der Waals surface area (Å²) in [6.07, 6.45) is 14.2. The molecule has 0 fully saturated rings. The fourth-order valence-electron chi connectivity index (χ4n) is 7.30. The van der Waals surface area contributed by atoms with Crippen molar-refractivity contribution < 1.29 is 8.78 Å². The summed E-state index contributed by atoms with van der Waals surface area (Å²) in [4.78, 5) is 29.2. The van der Waals surface area contributed by atoms with E-state index in [9.17, 15) is 8.78 Å². The van der Waals surface area contributed by atoms with E-state index in [0.717, 1.165) is 117 Å².